The van der Waals surface area contributed by atoms with Crippen LogP contribution in [0.15, 0.2) is 12.1 Å². The minimum absolute atomic E-state index is 0.0862. The largest absolute Gasteiger partial charge is 0.493 e. The van der Waals surface area contributed by atoms with E-state index in [-0.39, 0.29) is 18.2 Å². The molecule has 0 aromatic heterocycles. The Kier molecular flexibility index (Phi) is 8.42. The summed E-state index contributed by atoms with van der Waals surface area (Å²) in [5, 5.41) is 2.77. The van der Waals surface area contributed by atoms with Gasteiger partial charge in [-0.15, -0.1) is 0 Å². The third-order valence-corrected chi connectivity index (χ3v) is 3.43. The highest BCUT2D eigenvalue weighted by molar-refractivity contribution is 5.77. The van der Waals surface area contributed by atoms with Gasteiger partial charge in [-0.25, -0.2) is 5.84 Å². The lowest BCUT2D eigenvalue weighted by atomic mass is 10.1. The van der Waals surface area contributed by atoms with Crippen molar-refractivity contribution in [2.75, 3.05) is 27.9 Å². The van der Waals surface area contributed by atoms with E-state index in [9.17, 15) is 9.59 Å². The smallest absolute Gasteiger partial charge is 0.233 e. The van der Waals surface area contributed by atoms with Crippen LogP contribution in [-0.2, 0) is 16.0 Å². The summed E-state index contributed by atoms with van der Waals surface area (Å²) in [6.07, 6.45) is 1.68. The molecule has 1 rings (SSSR count). The Morgan fingerprint density at radius 1 is 1.00 bits per heavy atom. The molecule has 0 spiro atoms. The third-order valence-electron chi connectivity index (χ3n) is 3.43. The van der Waals surface area contributed by atoms with E-state index in [0.29, 0.717) is 43.1 Å². The third kappa shape index (κ3) is 5.96. The summed E-state index contributed by atoms with van der Waals surface area (Å²) in [5.74, 6) is 6.27. The maximum Gasteiger partial charge on any atom is 0.233 e. The Morgan fingerprint density at radius 2 is 1.62 bits per heavy atom. The predicted molar refractivity (Wildman–Crippen MR) is 89.0 cm³/mol. The first-order chi connectivity index (χ1) is 11.5. The standard InChI is InChI=1S/C16H25N3O5/c1-22-12-9-11(10-13(23-2)16(12)24-3)6-7-14(20)18-8-4-5-15(21)19-17/h9-10H,4-8,17H2,1-3H3,(H,18,20)(H,19,21). The van der Waals surface area contributed by atoms with Crippen LogP contribution < -0.4 is 30.8 Å². The Morgan fingerprint density at radius 3 is 2.12 bits per heavy atom. The van der Waals surface area contributed by atoms with E-state index in [1.54, 1.807) is 21.3 Å². The Balaban J connectivity index is 2.52. The van der Waals surface area contributed by atoms with E-state index in [0.717, 1.165) is 5.56 Å². The first-order valence-corrected chi connectivity index (χ1v) is 7.60. The number of rotatable bonds is 10. The highest BCUT2D eigenvalue weighted by atomic mass is 16.5. The fraction of sp³-hybridized carbons (Fsp3) is 0.500. The summed E-state index contributed by atoms with van der Waals surface area (Å²) in [6.45, 7) is 0.432. The molecule has 0 saturated carbocycles. The summed E-state index contributed by atoms with van der Waals surface area (Å²) >= 11 is 0. The van der Waals surface area contributed by atoms with Gasteiger partial charge in [0, 0.05) is 19.4 Å². The van der Waals surface area contributed by atoms with Crippen molar-refractivity contribution in [3.05, 3.63) is 17.7 Å². The van der Waals surface area contributed by atoms with Gasteiger partial charge in [-0.05, 0) is 30.5 Å². The minimum Gasteiger partial charge on any atom is -0.493 e. The molecule has 8 nitrogen and oxygen atoms in total. The maximum absolute atomic E-state index is 11.8. The normalized spacial score (nSPS) is 10.0. The second-order valence-corrected chi connectivity index (χ2v) is 5.05. The predicted octanol–water partition coefficient (Wildman–Crippen LogP) is 0.531. The van der Waals surface area contributed by atoms with Crippen molar-refractivity contribution >= 4 is 11.8 Å². The van der Waals surface area contributed by atoms with Gasteiger partial charge in [0.05, 0.1) is 21.3 Å². The van der Waals surface area contributed by atoms with E-state index >= 15 is 0 Å². The van der Waals surface area contributed by atoms with Crippen LogP contribution in [0.4, 0.5) is 0 Å². The number of carbonyl (C=O) groups excluding carboxylic acids is 2. The molecule has 24 heavy (non-hydrogen) atoms. The van der Waals surface area contributed by atoms with E-state index in [2.05, 4.69) is 5.32 Å². The molecule has 0 aliphatic rings. The lowest BCUT2D eigenvalue weighted by Crippen LogP contribution is -2.31. The number of hydrogen-bond donors (Lipinski definition) is 3. The molecule has 0 atom stereocenters. The number of nitrogens with one attached hydrogen (secondary N) is 2. The summed E-state index contributed by atoms with van der Waals surface area (Å²) in [7, 11) is 4.63. The first-order valence-electron chi connectivity index (χ1n) is 7.60. The van der Waals surface area contributed by atoms with Crippen molar-refractivity contribution in [3.8, 4) is 17.2 Å². The van der Waals surface area contributed by atoms with Gasteiger partial charge in [0.1, 0.15) is 0 Å². The Bertz CT molecular complexity index is 538. The Labute approximate surface area is 141 Å². The molecule has 4 N–H and O–H groups in total. The molecule has 0 aliphatic heterocycles. The van der Waals surface area contributed by atoms with Crippen molar-refractivity contribution in [1.29, 1.82) is 0 Å². The van der Waals surface area contributed by atoms with Crippen LogP contribution in [0.2, 0.25) is 0 Å². The topological polar surface area (TPSA) is 112 Å². The van der Waals surface area contributed by atoms with Crippen LogP contribution in [-0.4, -0.2) is 39.7 Å². The summed E-state index contributed by atoms with van der Waals surface area (Å²) in [6, 6.07) is 3.64. The zero-order valence-corrected chi connectivity index (χ0v) is 14.3. The number of hydrazine groups is 1. The average Bonchev–Trinajstić information content (AvgIpc) is 2.61. The first kappa shape index (κ1) is 19.6. The Hall–Kier alpha value is -2.48. The monoisotopic (exact) mass is 339 g/mol. The van der Waals surface area contributed by atoms with Crippen LogP contribution in [0.25, 0.3) is 0 Å². The summed E-state index contributed by atoms with van der Waals surface area (Å²) < 4.78 is 15.8. The molecule has 1 aromatic carbocycles. The second-order valence-electron chi connectivity index (χ2n) is 5.05. The van der Waals surface area contributed by atoms with E-state index in [1.165, 1.54) is 0 Å². The molecule has 1 aromatic rings. The molecule has 0 saturated heterocycles. The van der Waals surface area contributed by atoms with E-state index < -0.39 is 0 Å². The zero-order valence-electron chi connectivity index (χ0n) is 14.3. The molecule has 134 valence electrons. The van der Waals surface area contributed by atoms with Crippen LogP contribution in [0.3, 0.4) is 0 Å². The molecule has 0 radical (unpaired) electrons. The molecule has 0 unspecified atom stereocenters. The second kappa shape index (κ2) is 10.3. The van der Waals surface area contributed by atoms with Gasteiger partial charge >= 0.3 is 0 Å². The van der Waals surface area contributed by atoms with Gasteiger partial charge in [0.25, 0.3) is 0 Å². The van der Waals surface area contributed by atoms with Crippen LogP contribution >= 0.6 is 0 Å². The van der Waals surface area contributed by atoms with E-state index in [4.69, 9.17) is 20.1 Å². The molecule has 0 fully saturated rings. The number of methoxy groups -OCH3 is 3. The number of benzene rings is 1. The molecule has 0 bridgehead atoms. The van der Waals surface area contributed by atoms with Crippen molar-refractivity contribution in [1.82, 2.24) is 10.7 Å². The lowest BCUT2D eigenvalue weighted by molar-refractivity contribution is -0.123. The number of carbonyl (C=O) groups is 2. The summed E-state index contributed by atoms with van der Waals surface area (Å²) in [4.78, 5) is 22.8. The van der Waals surface area contributed by atoms with Crippen molar-refractivity contribution in [2.45, 2.75) is 25.7 Å². The van der Waals surface area contributed by atoms with Gasteiger partial charge in [0.15, 0.2) is 11.5 Å². The molecule has 0 aliphatic carbocycles. The maximum atomic E-state index is 11.8. The molecular weight excluding hydrogens is 314 g/mol. The van der Waals surface area contributed by atoms with Crippen LogP contribution in [0.1, 0.15) is 24.8 Å². The fourth-order valence-electron chi connectivity index (χ4n) is 2.17. The van der Waals surface area contributed by atoms with Crippen LogP contribution in [0.5, 0.6) is 17.2 Å². The molecular formula is C16H25N3O5. The molecule has 2 amide bonds. The van der Waals surface area contributed by atoms with Crippen LogP contribution in [0, 0.1) is 0 Å². The van der Waals surface area contributed by atoms with Crippen molar-refractivity contribution < 1.29 is 23.8 Å². The minimum atomic E-state index is -0.248. The number of nitrogens with two attached hydrogens (primary N) is 1. The zero-order chi connectivity index (χ0) is 17.9. The lowest BCUT2D eigenvalue weighted by Gasteiger charge is -2.14. The number of ether oxygens (including phenoxy) is 3. The highest BCUT2D eigenvalue weighted by Gasteiger charge is 2.13. The number of amides is 2. The molecule has 0 heterocycles. The highest BCUT2D eigenvalue weighted by Crippen LogP contribution is 2.38. The van der Waals surface area contributed by atoms with Gasteiger partial charge in [-0.1, -0.05) is 0 Å². The van der Waals surface area contributed by atoms with Gasteiger partial charge in [-0.3, -0.25) is 15.0 Å². The van der Waals surface area contributed by atoms with Crippen molar-refractivity contribution in [2.24, 2.45) is 5.84 Å². The van der Waals surface area contributed by atoms with E-state index in [1.807, 2.05) is 17.6 Å². The SMILES string of the molecule is COc1cc(CCC(=O)NCCCC(=O)NN)cc(OC)c1OC. The van der Waals surface area contributed by atoms with Gasteiger partial charge in [-0.2, -0.15) is 0 Å². The summed E-state index contributed by atoms with van der Waals surface area (Å²) in [5.41, 5.74) is 2.95. The van der Waals surface area contributed by atoms with Gasteiger partial charge < -0.3 is 19.5 Å². The number of hydrogen-bond acceptors (Lipinski definition) is 6. The molecule has 8 heteroatoms. The number of aryl methyl sites for hydroxylation is 1. The average molecular weight is 339 g/mol. The van der Waals surface area contributed by atoms with Gasteiger partial charge in [0.2, 0.25) is 17.6 Å². The van der Waals surface area contributed by atoms with Crippen molar-refractivity contribution in [3.63, 3.8) is 0 Å². The fourth-order valence-corrected chi connectivity index (χ4v) is 2.17. The quantitative estimate of drug-likeness (QED) is 0.248.